The molecule has 0 N–H and O–H groups in total. The maximum atomic E-state index is 12.9. The van der Waals surface area contributed by atoms with E-state index in [1.54, 1.807) is 0 Å². The van der Waals surface area contributed by atoms with Crippen LogP contribution in [0.15, 0.2) is 207 Å². The maximum absolute atomic E-state index is 12.9. The summed E-state index contributed by atoms with van der Waals surface area (Å²) in [7, 11) is 0. The van der Waals surface area contributed by atoms with E-state index in [4.69, 9.17) is 14.2 Å². The molecule has 6 nitrogen and oxygen atoms in total. The number of rotatable bonds is 56. The van der Waals surface area contributed by atoms with Crippen molar-refractivity contribution in [2.75, 3.05) is 13.2 Å². The van der Waals surface area contributed by atoms with Gasteiger partial charge in [0.25, 0.3) is 0 Å². The van der Waals surface area contributed by atoms with Crippen molar-refractivity contribution in [2.24, 2.45) is 0 Å². The molecule has 0 aliphatic heterocycles. The van der Waals surface area contributed by atoms with Gasteiger partial charge in [0.15, 0.2) is 6.10 Å². The van der Waals surface area contributed by atoms with Crippen LogP contribution in [0.4, 0.5) is 0 Å². The van der Waals surface area contributed by atoms with Crippen LogP contribution in [0, 0.1) is 0 Å². The van der Waals surface area contributed by atoms with Gasteiger partial charge in [-0.15, -0.1) is 0 Å². The molecule has 0 radical (unpaired) electrons. The van der Waals surface area contributed by atoms with Crippen molar-refractivity contribution in [1.82, 2.24) is 0 Å². The van der Waals surface area contributed by atoms with Gasteiger partial charge >= 0.3 is 17.9 Å². The van der Waals surface area contributed by atoms with Gasteiger partial charge < -0.3 is 14.2 Å². The maximum Gasteiger partial charge on any atom is 0.306 e. The molecular weight excluding hydrogens is 1020 g/mol. The van der Waals surface area contributed by atoms with Gasteiger partial charge in [0.1, 0.15) is 13.2 Å². The van der Waals surface area contributed by atoms with Crippen molar-refractivity contribution in [3.8, 4) is 0 Å². The Balaban J connectivity index is 4.47. The lowest BCUT2D eigenvalue weighted by Crippen LogP contribution is -2.30. The van der Waals surface area contributed by atoms with E-state index >= 15 is 0 Å². The summed E-state index contributed by atoms with van der Waals surface area (Å²) < 4.78 is 16.8. The molecule has 460 valence electrons. The lowest BCUT2D eigenvalue weighted by atomic mass is 10.1. The van der Waals surface area contributed by atoms with Crippen molar-refractivity contribution in [1.29, 1.82) is 0 Å². The molecule has 0 spiro atoms. The second-order valence-corrected chi connectivity index (χ2v) is 20.5. The summed E-state index contributed by atoms with van der Waals surface area (Å²) in [6.07, 6.45) is 106. The average molecular weight is 1140 g/mol. The lowest BCUT2D eigenvalue weighted by Gasteiger charge is -2.18. The van der Waals surface area contributed by atoms with Crippen molar-refractivity contribution in [3.05, 3.63) is 207 Å². The third kappa shape index (κ3) is 66.7. The van der Waals surface area contributed by atoms with Crippen LogP contribution in [0.25, 0.3) is 0 Å². The van der Waals surface area contributed by atoms with Crippen LogP contribution in [0.3, 0.4) is 0 Å². The Morgan fingerprint density at radius 3 is 0.711 bits per heavy atom. The van der Waals surface area contributed by atoms with E-state index in [2.05, 4.69) is 227 Å². The molecule has 1 atom stereocenters. The van der Waals surface area contributed by atoms with Gasteiger partial charge in [0.05, 0.1) is 0 Å². The van der Waals surface area contributed by atoms with E-state index in [0.29, 0.717) is 12.8 Å². The first-order valence-corrected chi connectivity index (χ1v) is 32.6. The third-order valence-electron chi connectivity index (χ3n) is 12.8. The number of allylic oxidation sites excluding steroid dienone is 34. The third-order valence-corrected chi connectivity index (χ3v) is 12.8. The molecule has 6 heteroatoms. The first-order valence-electron chi connectivity index (χ1n) is 32.6. The molecule has 1 unspecified atom stereocenters. The number of unbranched alkanes of at least 4 members (excludes halogenated alkanes) is 11. The predicted molar refractivity (Wildman–Crippen MR) is 361 cm³/mol. The number of esters is 3. The van der Waals surface area contributed by atoms with E-state index in [0.717, 1.165) is 180 Å². The molecular formula is C77H116O6. The number of hydrogen-bond acceptors (Lipinski definition) is 6. The summed E-state index contributed by atoms with van der Waals surface area (Å²) in [5.41, 5.74) is 0. The van der Waals surface area contributed by atoms with Crippen LogP contribution >= 0.6 is 0 Å². The van der Waals surface area contributed by atoms with Crippen molar-refractivity contribution < 1.29 is 28.6 Å². The van der Waals surface area contributed by atoms with Crippen molar-refractivity contribution in [2.45, 2.75) is 245 Å². The molecule has 0 aromatic rings. The topological polar surface area (TPSA) is 78.9 Å². The van der Waals surface area contributed by atoms with Gasteiger partial charge in [0.2, 0.25) is 0 Å². The summed E-state index contributed by atoms with van der Waals surface area (Å²) in [4.78, 5) is 38.3. The summed E-state index contributed by atoms with van der Waals surface area (Å²) >= 11 is 0. The second-order valence-electron chi connectivity index (χ2n) is 20.5. The Labute approximate surface area is 509 Å². The van der Waals surface area contributed by atoms with Crippen LogP contribution in [-0.2, 0) is 28.6 Å². The zero-order chi connectivity index (χ0) is 59.9. The Morgan fingerprint density at radius 2 is 0.434 bits per heavy atom. The highest BCUT2D eigenvalue weighted by Gasteiger charge is 2.19. The molecule has 0 aliphatic rings. The van der Waals surface area contributed by atoms with Gasteiger partial charge in [-0.25, -0.2) is 0 Å². The molecule has 0 aliphatic carbocycles. The van der Waals surface area contributed by atoms with Gasteiger partial charge in [-0.2, -0.15) is 0 Å². The number of carbonyl (C=O) groups excluding carboxylic acids is 3. The fourth-order valence-corrected chi connectivity index (χ4v) is 8.00. The van der Waals surface area contributed by atoms with E-state index in [9.17, 15) is 14.4 Å². The van der Waals surface area contributed by atoms with Crippen LogP contribution in [0.1, 0.15) is 239 Å². The molecule has 0 saturated carbocycles. The summed E-state index contributed by atoms with van der Waals surface area (Å²) in [6.45, 7) is 6.20. The number of hydrogen-bond donors (Lipinski definition) is 0. The number of carbonyl (C=O) groups is 3. The zero-order valence-corrected chi connectivity index (χ0v) is 52.6. The summed E-state index contributed by atoms with van der Waals surface area (Å²) in [6, 6.07) is 0. The van der Waals surface area contributed by atoms with Crippen molar-refractivity contribution in [3.63, 3.8) is 0 Å². The molecule has 0 aromatic carbocycles. The first-order chi connectivity index (χ1) is 41.0. The van der Waals surface area contributed by atoms with Crippen LogP contribution in [0.5, 0.6) is 0 Å². The molecule has 0 rings (SSSR count). The molecule has 0 saturated heterocycles. The van der Waals surface area contributed by atoms with E-state index in [1.807, 2.05) is 0 Å². The Morgan fingerprint density at radius 1 is 0.241 bits per heavy atom. The minimum absolute atomic E-state index is 0.124. The SMILES string of the molecule is CC/C=C\C/C=C\C/C=C\C/C=C\C/C=C\C/C=C\C/C=C\C/C=C\C/C=C\C/C=C\CCCCC(=O)OCC(COC(=O)CCCCC/C=C\C/C=C\C/C=C\CC)OC(=O)CCCCCCCC/C=C\C/C=C\C/C=C\C/C=C\CC. The van der Waals surface area contributed by atoms with Gasteiger partial charge in [-0.3, -0.25) is 14.4 Å². The monoisotopic (exact) mass is 1140 g/mol. The Kier molecular flexibility index (Phi) is 63.5. The molecule has 0 fully saturated rings. The second kappa shape index (κ2) is 68.5. The van der Waals surface area contributed by atoms with Crippen LogP contribution < -0.4 is 0 Å². The minimum Gasteiger partial charge on any atom is -0.462 e. The first kappa shape index (κ1) is 77.0. The molecule has 0 amide bonds. The quantitative estimate of drug-likeness (QED) is 0.0261. The van der Waals surface area contributed by atoms with Gasteiger partial charge in [-0.1, -0.05) is 259 Å². The summed E-state index contributed by atoms with van der Waals surface area (Å²) in [5, 5.41) is 0. The van der Waals surface area contributed by atoms with Gasteiger partial charge in [-0.05, 0) is 167 Å². The zero-order valence-electron chi connectivity index (χ0n) is 52.6. The van der Waals surface area contributed by atoms with Gasteiger partial charge in [0, 0.05) is 19.3 Å². The summed E-state index contributed by atoms with van der Waals surface area (Å²) in [5.74, 6) is -1.02. The fourth-order valence-electron chi connectivity index (χ4n) is 8.00. The van der Waals surface area contributed by atoms with Crippen LogP contribution in [0.2, 0.25) is 0 Å². The smallest absolute Gasteiger partial charge is 0.306 e. The Bertz CT molecular complexity index is 2030. The fraction of sp³-hybridized carbons (Fsp3) is 0.519. The molecule has 83 heavy (non-hydrogen) atoms. The highest BCUT2D eigenvalue weighted by Crippen LogP contribution is 2.13. The predicted octanol–water partition coefficient (Wildman–Crippen LogP) is 22.8. The van der Waals surface area contributed by atoms with E-state index < -0.39 is 6.10 Å². The van der Waals surface area contributed by atoms with E-state index in [1.165, 1.54) is 12.8 Å². The van der Waals surface area contributed by atoms with Crippen molar-refractivity contribution >= 4 is 17.9 Å². The standard InChI is InChI=1S/C77H116O6/c1-4-7-10-13-16-19-22-25-27-29-31-32-33-34-35-36-37-38-39-40-41-42-43-44-46-47-49-52-55-58-61-64-67-70-76(79)82-73-74(72-81-75(78)69-66-63-60-57-54-51-24-21-18-15-12-9-6-3)83-77(80)71-68-65-62-59-56-53-50-48-45-30-28-26-23-20-17-14-11-8-5-2/h7-12,16-21,25-28,31-32,34-35,37-38,40-41,43-45,47-49,51,54-55,58,74H,4-6,13-15,22-24,29-30,33,36,39,42,46,50,52-53,56-57,59-73H2,1-3H3/b10-7-,11-8-,12-9-,19-16-,20-17-,21-18-,27-25-,28-26-,32-31-,35-34-,38-37-,41-40-,44-43-,48-45-,49-47-,54-51-,58-55-. The highest BCUT2D eigenvalue weighted by molar-refractivity contribution is 5.71. The molecule has 0 bridgehead atoms. The van der Waals surface area contributed by atoms with E-state index in [-0.39, 0.29) is 44.0 Å². The Hall–Kier alpha value is -6.01. The van der Waals surface area contributed by atoms with Crippen LogP contribution in [-0.4, -0.2) is 37.2 Å². The average Bonchev–Trinajstić information content (AvgIpc) is 3.49. The molecule has 0 aromatic heterocycles. The minimum atomic E-state index is -0.830. The lowest BCUT2D eigenvalue weighted by molar-refractivity contribution is -0.167. The largest absolute Gasteiger partial charge is 0.462 e. The highest BCUT2D eigenvalue weighted by atomic mass is 16.6. The normalized spacial score (nSPS) is 13.5. The number of ether oxygens (including phenoxy) is 3. The molecule has 0 heterocycles.